The molecule has 5 N–H and O–H groups in total. The SMILES string of the molecule is C[C@@](N)(CCCN)C(=O)O.Cl. The molecular formula is C6H15ClN2O2. The van der Waals surface area contributed by atoms with E-state index in [0.717, 1.165) is 0 Å². The van der Waals surface area contributed by atoms with Gasteiger partial charge in [-0.2, -0.15) is 0 Å². The Bertz CT molecular complexity index is 128. The highest BCUT2D eigenvalue weighted by Crippen LogP contribution is 2.07. The van der Waals surface area contributed by atoms with Crippen LogP contribution in [0.3, 0.4) is 0 Å². The van der Waals surface area contributed by atoms with Crippen molar-refractivity contribution in [2.75, 3.05) is 6.54 Å². The molecule has 4 nitrogen and oxygen atoms in total. The summed E-state index contributed by atoms with van der Waals surface area (Å²) >= 11 is 0. The van der Waals surface area contributed by atoms with E-state index in [1.54, 1.807) is 0 Å². The molecule has 0 saturated carbocycles. The van der Waals surface area contributed by atoms with Crippen LogP contribution in [0.4, 0.5) is 0 Å². The van der Waals surface area contributed by atoms with E-state index in [1.807, 2.05) is 0 Å². The maximum Gasteiger partial charge on any atom is 0.323 e. The molecule has 0 aromatic carbocycles. The average molecular weight is 183 g/mol. The molecule has 0 unspecified atom stereocenters. The lowest BCUT2D eigenvalue weighted by molar-refractivity contribution is -0.142. The smallest absolute Gasteiger partial charge is 0.323 e. The molecule has 0 spiro atoms. The quantitative estimate of drug-likeness (QED) is 0.569. The van der Waals surface area contributed by atoms with Gasteiger partial charge in [-0.25, -0.2) is 0 Å². The zero-order chi connectivity index (χ0) is 8.20. The molecule has 0 saturated heterocycles. The number of carbonyl (C=O) groups is 1. The molecule has 5 heteroatoms. The van der Waals surface area contributed by atoms with Gasteiger partial charge in [0.05, 0.1) is 0 Å². The fourth-order valence-electron chi connectivity index (χ4n) is 0.576. The number of hydrogen-bond acceptors (Lipinski definition) is 3. The lowest BCUT2D eigenvalue weighted by Crippen LogP contribution is -2.45. The molecule has 0 aliphatic heterocycles. The van der Waals surface area contributed by atoms with Crippen molar-refractivity contribution in [2.24, 2.45) is 11.5 Å². The van der Waals surface area contributed by atoms with Crippen LogP contribution >= 0.6 is 12.4 Å². The van der Waals surface area contributed by atoms with Gasteiger partial charge in [-0.05, 0) is 26.3 Å². The van der Waals surface area contributed by atoms with Gasteiger partial charge >= 0.3 is 5.97 Å². The number of hydrogen-bond donors (Lipinski definition) is 3. The first-order chi connectivity index (χ1) is 4.50. The normalized spacial score (nSPS) is 14.8. The Morgan fingerprint density at radius 3 is 2.36 bits per heavy atom. The summed E-state index contributed by atoms with van der Waals surface area (Å²) in [5, 5.41) is 8.50. The van der Waals surface area contributed by atoms with Crippen LogP contribution in [0.1, 0.15) is 19.8 Å². The van der Waals surface area contributed by atoms with Crippen molar-refractivity contribution in [3.63, 3.8) is 0 Å². The summed E-state index contributed by atoms with van der Waals surface area (Å²) in [6.07, 6.45) is 1.08. The number of aliphatic carboxylic acids is 1. The predicted octanol–water partition coefficient (Wildman–Crippen LogP) is -0.0509. The number of carboxylic acid groups (broad SMARTS) is 1. The highest BCUT2D eigenvalue weighted by molar-refractivity contribution is 5.85. The van der Waals surface area contributed by atoms with Gasteiger partial charge in [0.25, 0.3) is 0 Å². The van der Waals surface area contributed by atoms with Gasteiger partial charge in [0.2, 0.25) is 0 Å². The van der Waals surface area contributed by atoms with Crippen LogP contribution in [0.5, 0.6) is 0 Å². The third-order valence-electron chi connectivity index (χ3n) is 1.39. The van der Waals surface area contributed by atoms with Crippen LogP contribution in [0.15, 0.2) is 0 Å². The first-order valence-electron chi connectivity index (χ1n) is 3.23. The molecule has 0 aliphatic carbocycles. The standard InChI is InChI=1S/C6H14N2O2.ClH/c1-6(8,5(9)10)3-2-4-7;/h2-4,7-8H2,1H3,(H,9,10);1H/t6-;/m1./s1. The van der Waals surface area contributed by atoms with Crippen LogP contribution in [0, 0.1) is 0 Å². The van der Waals surface area contributed by atoms with Crippen molar-refractivity contribution in [1.82, 2.24) is 0 Å². The molecule has 0 rings (SSSR count). The second-order valence-corrected chi connectivity index (χ2v) is 2.61. The summed E-state index contributed by atoms with van der Waals surface area (Å²) < 4.78 is 0. The maximum atomic E-state index is 10.4. The Kier molecular flexibility index (Phi) is 6.46. The lowest BCUT2D eigenvalue weighted by atomic mass is 9.98. The second kappa shape index (κ2) is 5.35. The summed E-state index contributed by atoms with van der Waals surface area (Å²) in [5.41, 5.74) is 9.47. The van der Waals surface area contributed by atoms with Crippen molar-refractivity contribution in [3.8, 4) is 0 Å². The van der Waals surface area contributed by atoms with Crippen LogP contribution in [0.25, 0.3) is 0 Å². The highest BCUT2D eigenvalue weighted by Gasteiger charge is 2.26. The van der Waals surface area contributed by atoms with E-state index in [2.05, 4.69) is 0 Å². The van der Waals surface area contributed by atoms with E-state index < -0.39 is 11.5 Å². The molecule has 0 bridgehead atoms. The van der Waals surface area contributed by atoms with E-state index in [-0.39, 0.29) is 12.4 Å². The first-order valence-corrected chi connectivity index (χ1v) is 3.23. The van der Waals surface area contributed by atoms with Crippen LogP contribution in [-0.4, -0.2) is 23.2 Å². The van der Waals surface area contributed by atoms with Crippen molar-refractivity contribution in [2.45, 2.75) is 25.3 Å². The average Bonchev–Trinajstić information content (AvgIpc) is 1.84. The van der Waals surface area contributed by atoms with Crippen molar-refractivity contribution in [1.29, 1.82) is 0 Å². The molecule has 0 aromatic rings. The zero-order valence-corrected chi connectivity index (χ0v) is 7.36. The molecule has 0 aliphatic rings. The molecule has 0 amide bonds. The number of halogens is 1. The minimum Gasteiger partial charge on any atom is -0.480 e. The van der Waals surface area contributed by atoms with E-state index >= 15 is 0 Å². The molecule has 0 fully saturated rings. The largest absolute Gasteiger partial charge is 0.480 e. The predicted molar refractivity (Wildman–Crippen MR) is 45.8 cm³/mol. The van der Waals surface area contributed by atoms with Gasteiger partial charge in [-0.3, -0.25) is 4.79 Å². The molecule has 0 heterocycles. The Hall–Kier alpha value is -0.320. The van der Waals surface area contributed by atoms with Crippen LogP contribution < -0.4 is 11.5 Å². The minimum atomic E-state index is -1.11. The summed E-state index contributed by atoms with van der Waals surface area (Å²) in [4.78, 5) is 10.4. The summed E-state index contributed by atoms with van der Waals surface area (Å²) in [5.74, 6) is -0.971. The van der Waals surface area contributed by atoms with Gasteiger partial charge in [-0.15, -0.1) is 12.4 Å². The minimum absolute atomic E-state index is 0. The summed E-state index contributed by atoms with van der Waals surface area (Å²) in [6, 6.07) is 0. The van der Waals surface area contributed by atoms with Crippen LogP contribution in [-0.2, 0) is 4.79 Å². The van der Waals surface area contributed by atoms with E-state index in [9.17, 15) is 4.79 Å². The van der Waals surface area contributed by atoms with Gasteiger partial charge in [0.1, 0.15) is 5.54 Å². The zero-order valence-electron chi connectivity index (χ0n) is 6.54. The lowest BCUT2D eigenvalue weighted by Gasteiger charge is -2.17. The molecule has 11 heavy (non-hydrogen) atoms. The fourth-order valence-corrected chi connectivity index (χ4v) is 0.576. The monoisotopic (exact) mass is 182 g/mol. The van der Waals surface area contributed by atoms with E-state index in [1.165, 1.54) is 6.92 Å². The highest BCUT2D eigenvalue weighted by atomic mass is 35.5. The summed E-state index contributed by atoms with van der Waals surface area (Å²) in [6.45, 7) is 1.98. The number of nitrogens with two attached hydrogens (primary N) is 2. The van der Waals surface area contributed by atoms with Crippen LogP contribution in [0.2, 0.25) is 0 Å². The Morgan fingerprint density at radius 1 is 1.64 bits per heavy atom. The Labute approximate surface area is 72.4 Å². The molecule has 68 valence electrons. The van der Waals surface area contributed by atoms with Gasteiger partial charge < -0.3 is 16.6 Å². The molecule has 1 atom stereocenters. The molecule has 0 radical (unpaired) electrons. The van der Waals surface area contributed by atoms with Crippen molar-refractivity contribution in [3.05, 3.63) is 0 Å². The Morgan fingerprint density at radius 2 is 2.09 bits per heavy atom. The maximum absolute atomic E-state index is 10.4. The first kappa shape index (κ1) is 13.3. The van der Waals surface area contributed by atoms with E-state index in [0.29, 0.717) is 19.4 Å². The fraction of sp³-hybridized carbons (Fsp3) is 0.833. The second-order valence-electron chi connectivity index (χ2n) is 2.61. The van der Waals surface area contributed by atoms with Crippen molar-refractivity contribution < 1.29 is 9.90 Å². The summed E-state index contributed by atoms with van der Waals surface area (Å²) in [7, 11) is 0. The van der Waals surface area contributed by atoms with Gasteiger partial charge in [0, 0.05) is 0 Å². The molecular weight excluding hydrogens is 168 g/mol. The van der Waals surface area contributed by atoms with E-state index in [4.69, 9.17) is 16.6 Å². The third-order valence-corrected chi connectivity index (χ3v) is 1.39. The third kappa shape index (κ3) is 5.01. The Balaban J connectivity index is 0. The molecule has 0 aromatic heterocycles. The number of carboxylic acids is 1. The van der Waals surface area contributed by atoms with Crippen molar-refractivity contribution >= 4 is 18.4 Å². The topological polar surface area (TPSA) is 89.3 Å². The van der Waals surface area contributed by atoms with Gasteiger partial charge in [-0.1, -0.05) is 0 Å². The number of rotatable bonds is 4. The van der Waals surface area contributed by atoms with Gasteiger partial charge in [0.15, 0.2) is 0 Å².